The number of aryl methyl sites for hydroxylation is 1. The van der Waals surface area contributed by atoms with Crippen molar-refractivity contribution < 1.29 is 23.1 Å². The van der Waals surface area contributed by atoms with E-state index in [0.717, 1.165) is 3.57 Å². The Bertz CT molecular complexity index is 1220. The molecule has 0 atom stereocenters. The molecule has 0 unspecified atom stereocenters. The van der Waals surface area contributed by atoms with Crippen molar-refractivity contribution in [1.82, 2.24) is 0 Å². The summed E-state index contributed by atoms with van der Waals surface area (Å²) >= 11 is 2.10. The Kier molecular flexibility index (Phi) is 6.42. The lowest BCUT2D eigenvalue weighted by atomic mass is 10.1. The van der Waals surface area contributed by atoms with Crippen LogP contribution < -0.4 is 10.4 Å². The van der Waals surface area contributed by atoms with E-state index in [4.69, 9.17) is 0 Å². The number of nitrogens with zero attached hydrogens (tertiary/aromatic N) is 1. The van der Waals surface area contributed by atoms with Crippen LogP contribution in [0.5, 0.6) is 0 Å². The van der Waals surface area contributed by atoms with Crippen LogP contribution in [0.1, 0.15) is 26.3 Å². The van der Waals surface area contributed by atoms with Crippen LogP contribution in [0.15, 0.2) is 71.6 Å². The van der Waals surface area contributed by atoms with Gasteiger partial charge in [-0.2, -0.15) is 0 Å². The van der Waals surface area contributed by atoms with E-state index in [-0.39, 0.29) is 27.4 Å². The first kappa shape index (κ1) is 21.8. The van der Waals surface area contributed by atoms with E-state index < -0.39 is 21.9 Å². The quantitative estimate of drug-likeness (QED) is 0.485. The number of carbonyl (C=O) groups excluding carboxylic acids is 2. The van der Waals surface area contributed by atoms with E-state index in [9.17, 15) is 23.1 Å². The molecule has 0 saturated carbocycles. The molecule has 0 aliphatic carbocycles. The summed E-state index contributed by atoms with van der Waals surface area (Å²) in [6.07, 6.45) is 0. The molecule has 0 bridgehead atoms. The maximum atomic E-state index is 12.8. The average Bonchev–Trinajstić information content (AvgIpc) is 2.70. The predicted octanol–water partition coefficient (Wildman–Crippen LogP) is 3.61. The molecule has 1 amide bonds. The highest BCUT2D eigenvalue weighted by Gasteiger charge is 2.15. The van der Waals surface area contributed by atoms with Crippen LogP contribution in [0.3, 0.4) is 0 Å². The number of aromatic carboxylic acids is 1. The van der Waals surface area contributed by atoms with Gasteiger partial charge >= 0.3 is 0 Å². The van der Waals surface area contributed by atoms with Gasteiger partial charge in [-0.05, 0) is 53.3 Å². The van der Waals surface area contributed by atoms with E-state index >= 15 is 0 Å². The summed E-state index contributed by atoms with van der Waals surface area (Å²) in [7, 11) is -4.07. The number of benzene rings is 3. The van der Waals surface area contributed by atoms with Gasteiger partial charge in [0.05, 0.1) is 16.6 Å². The third-order valence-electron chi connectivity index (χ3n) is 4.18. The summed E-state index contributed by atoms with van der Waals surface area (Å²) in [6, 6.07) is 16.6. The number of carbonyl (C=O) groups is 2. The third kappa shape index (κ3) is 4.97. The topological polar surface area (TPSA) is 117 Å². The lowest BCUT2D eigenvalue weighted by Crippen LogP contribution is -2.24. The molecule has 1 N–H and O–H groups in total. The minimum absolute atomic E-state index is 0.0464. The second-order valence-corrected chi connectivity index (χ2v) is 9.13. The van der Waals surface area contributed by atoms with Crippen molar-refractivity contribution in [1.29, 1.82) is 0 Å². The molecular weight excluding hydrogens is 519 g/mol. The number of amides is 1. The van der Waals surface area contributed by atoms with Crippen LogP contribution in [0.4, 0.5) is 11.4 Å². The second kappa shape index (κ2) is 8.84. The molecule has 0 spiro atoms. The van der Waals surface area contributed by atoms with Crippen LogP contribution in [0.25, 0.3) is 4.72 Å². The van der Waals surface area contributed by atoms with Crippen LogP contribution in [-0.2, 0) is 10.0 Å². The Morgan fingerprint density at radius 3 is 2.33 bits per heavy atom. The fourth-order valence-corrected chi connectivity index (χ4v) is 4.28. The molecule has 0 aliphatic heterocycles. The number of carboxylic acids is 1. The van der Waals surface area contributed by atoms with Gasteiger partial charge in [0.25, 0.3) is 5.91 Å². The van der Waals surface area contributed by atoms with Crippen LogP contribution in [-0.4, -0.2) is 20.3 Å². The van der Waals surface area contributed by atoms with Crippen molar-refractivity contribution in [3.8, 4) is 0 Å². The van der Waals surface area contributed by atoms with Gasteiger partial charge in [0.2, 0.25) is 0 Å². The fourth-order valence-electron chi connectivity index (χ4n) is 2.67. The average molecular weight is 534 g/mol. The summed E-state index contributed by atoms with van der Waals surface area (Å²) in [5.74, 6) is -2.09. The molecule has 0 aromatic heterocycles. The number of sulfonamides is 1. The Morgan fingerprint density at radius 2 is 1.67 bits per heavy atom. The van der Waals surface area contributed by atoms with Crippen LogP contribution >= 0.6 is 22.6 Å². The predicted molar refractivity (Wildman–Crippen MR) is 119 cm³/mol. The molecule has 0 saturated heterocycles. The lowest BCUT2D eigenvalue weighted by molar-refractivity contribution is -0.254. The zero-order valence-electron chi connectivity index (χ0n) is 15.6. The Morgan fingerprint density at radius 1 is 1.00 bits per heavy atom. The standard InChI is InChI=1S/C21H16IN2O5S/c1-13-6-7-14(20(25)23-18-5-3-2-4-17(18)21(26)27)12-19(13)30(28,29)24-16-10-8-15(22)9-11-16/h2-12H,1H3,(H,23,25)(H,26,27)/q-1/p-1. The monoisotopic (exact) mass is 534 g/mol. The summed E-state index contributed by atoms with van der Waals surface area (Å²) in [4.78, 5) is 23.7. The van der Waals surface area contributed by atoms with E-state index in [1.165, 1.54) is 36.4 Å². The number of para-hydroxylation sites is 1. The molecule has 0 fully saturated rings. The minimum Gasteiger partial charge on any atom is -0.573 e. The number of anilines is 1. The SMILES string of the molecule is Cc1ccc(C(=O)Nc2ccccc2C(=O)[O-])cc1S(=O)(=O)[N-]c1ccc(I)cc1. The van der Waals surface area contributed by atoms with Gasteiger partial charge in [-0.1, -0.05) is 48.5 Å². The van der Waals surface area contributed by atoms with Crippen LogP contribution in [0, 0.1) is 10.5 Å². The van der Waals surface area contributed by atoms with Gasteiger partial charge < -0.3 is 19.9 Å². The first-order valence-corrected chi connectivity index (χ1v) is 11.2. The van der Waals surface area contributed by atoms with Gasteiger partial charge in [-0.3, -0.25) is 4.79 Å². The molecule has 0 aliphatic rings. The van der Waals surface area contributed by atoms with Crippen molar-refractivity contribution in [3.63, 3.8) is 0 Å². The minimum atomic E-state index is -4.07. The summed E-state index contributed by atoms with van der Waals surface area (Å²) < 4.78 is 30.4. The Labute approximate surface area is 187 Å². The molecule has 3 aromatic rings. The Hall–Kier alpha value is -2.92. The molecule has 154 valence electrons. The van der Waals surface area contributed by atoms with Gasteiger partial charge in [0.15, 0.2) is 0 Å². The number of hydrogen-bond donors (Lipinski definition) is 1. The normalized spacial score (nSPS) is 11.0. The highest BCUT2D eigenvalue weighted by molar-refractivity contribution is 14.1. The van der Waals surface area contributed by atoms with Gasteiger partial charge in [-0.25, -0.2) is 8.42 Å². The number of nitrogens with one attached hydrogen (secondary N) is 1. The smallest absolute Gasteiger partial charge is 0.255 e. The maximum Gasteiger partial charge on any atom is 0.255 e. The molecule has 0 heterocycles. The van der Waals surface area contributed by atoms with Crippen molar-refractivity contribution in [2.45, 2.75) is 11.8 Å². The molecule has 3 aromatic carbocycles. The second-order valence-electron chi connectivity index (χ2n) is 6.31. The van der Waals surface area contributed by atoms with E-state index in [0.29, 0.717) is 5.56 Å². The first-order valence-electron chi connectivity index (χ1n) is 8.63. The van der Waals surface area contributed by atoms with Gasteiger partial charge in [-0.15, -0.1) is 5.69 Å². The van der Waals surface area contributed by atoms with E-state index in [2.05, 4.69) is 32.6 Å². The zero-order chi connectivity index (χ0) is 21.9. The van der Waals surface area contributed by atoms with Crippen molar-refractivity contribution >= 4 is 55.9 Å². The summed E-state index contributed by atoms with van der Waals surface area (Å²) in [6.45, 7) is 1.60. The Balaban J connectivity index is 1.90. The molecule has 3 rings (SSSR count). The third-order valence-corrected chi connectivity index (χ3v) is 6.34. The number of rotatable bonds is 6. The van der Waals surface area contributed by atoms with Crippen molar-refractivity contribution in [2.75, 3.05) is 5.32 Å². The molecular formula is C21H15IN2O5S-2. The largest absolute Gasteiger partial charge is 0.573 e. The number of carboxylic acid groups (broad SMARTS) is 1. The van der Waals surface area contributed by atoms with E-state index in [1.54, 1.807) is 37.3 Å². The van der Waals surface area contributed by atoms with Gasteiger partial charge in [0, 0.05) is 14.7 Å². The lowest BCUT2D eigenvalue weighted by Gasteiger charge is -2.23. The van der Waals surface area contributed by atoms with Gasteiger partial charge in [0.1, 0.15) is 10.0 Å². The molecule has 9 heteroatoms. The summed E-state index contributed by atoms with van der Waals surface area (Å²) in [5.41, 5.74) is 0.615. The van der Waals surface area contributed by atoms with Crippen LogP contribution in [0.2, 0.25) is 0 Å². The van der Waals surface area contributed by atoms with E-state index in [1.807, 2.05) is 0 Å². The number of halogens is 1. The molecule has 0 radical (unpaired) electrons. The zero-order valence-corrected chi connectivity index (χ0v) is 18.6. The molecule has 7 nitrogen and oxygen atoms in total. The first-order chi connectivity index (χ1) is 14.2. The number of hydrogen-bond acceptors (Lipinski definition) is 5. The highest BCUT2D eigenvalue weighted by Crippen LogP contribution is 2.30. The maximum absolute atomic E-state index is 12.8. The van der Waals surface area contributed by atoms with Crippen molar-refractivity contribution in [3.05, 3.63) is 91.7 Å². The van der Waals surface area contributed by atoms with Crippen molar-refractivity contribution in [2.24, 2.45) is 0 Å². The fraction of sp³-hybridized carbons (Fsp3) is 0.0476. The molecule has 30 heavy (non-hydrogen) atoms. The summed E-state index contributed by atoms with van der Waals surface area (Å²) in [5, 5.41) is 13.7. The highest BCUT2D eigenvalue weighted by atomic mass is 127.